The zero-order valence-corrected chi connectivity index (χ0v) is 17.2. The van der Waals surface area contributed by atoms with Crippen molar-refractivity contribution < 1.29 is 14.0 Å². The lowest BCUT2D eigenvalue weighted by atomic mass is 10.0. The van der Waals surface area contributed by atoms with Crippen LogP contribution in [0.2, 0.25) is 0 Å². The zero-order valence-electron chi connectivity index (χ0n) is 17.2. The summed E-state index contributed by atoms with van der Waals surface area (Å²) in [5.74, 6) is -1.98. The number of likely N-dealkylation sites (tertiary alicyclic amines) is 1. The van der Waals surface area contributed by atoms with Crippen molar-refractivity contribution in [2.45, 2.75) is 25.3 Å². The summed E-state index contributed by atoms with van der Waals surface area (Å²) >= 11 is 0. The van der Waals surface area contributed by atoms with E-state index >= 15 is 0 Å². The first kappa shape index (κ1) is 20.3. The summed E-state index contributed by atoms with van der Waals surface area (Å²) in [4.78, 5) is 29.2. The molecule has 1 unspecified atom stereocenters. The summed E-state index contributed by atoms with van der Waals surface area (Å²) in [7, 11) is 2.10. The second-order valence-electron chi connectivity index (χ2n) is 7.99. The van der Waals surface area contributed by atoms with Gasteiger partial charge in [-0.3, -0.25) is 14.5 Å². The molecule has 2 N–H and O–H groups in total. The van der Waals surface area contributed by atoms with Gasteiger partial charge in [-0.25, -0.2) is 4.39 Å². The van der Waals surface area contributed by atoms with Crippen LogP contribution in [0.15, 0.2) is 42.5 Å². The molecule has 0 bridgehead atoms. The van der Waals surface area contributed by atoms with Crippen molar-refractivity contribution in [2.75, 3.05) is 43.4 Å². The van der Waals surface area contributed by atoms with Gasteiger partial charge in [0, 0.05) is 31.5 Å². The molecule has 0 spiro atoms. The molecule has 0 aromatic heterocycles. The molecule has 4 rings (SSSR count). The van der Waals surface area contributed by atoms with Gasteiger partial charge in [0.25, 0.3) is 0 Å². The smallest absolute Gasteiger partial charge is 0.313 e. The predicted octanol–water partition coefficient (Wildman–Crippen LogP) is 2.71. The summed E-state index contributed by atoms with van der Waals surface area (Å²) in [6.45, 7) is 3.33. The van der Waals surface area contributed by atoms with E-state index in [1.165, 1.54) is 29.4 Å². The second-order valence-corrected chi connectivity index (χ2v) is 7.99. The molecule has 1 fully saturated rings. The van der Waals surface area contributed by atoms with E-state index in [0.717, 1.165) is 44.5 Å². The van der Waals surface area contributed by atoms with E-state index in [-0.39, 0.29) is 11.7 Å². The van der Waals surface area contributed by atoms with E-state index in [0.29, 0.717) is 6.54 Å². The van der Waals surface area contributed by atoms with Crippen molar-refractivity contribution in [1.29, 1.82) is 0 Å². The van der Waals surface area contributed by atoms with Gasteiger partial charge >= 0.3 is 11.8 Å². The molecule has 2 amide bonds. The van der Waals surface area contributed by atoms with Crippen LogP contribution in [0.1, 0.15) is 30.0 Å². The molecule has 6 nitrogen and oxygen atoms in total. The number of benzene rings is 2. The van der Waals surface area contributed by atoms with E-state index in [4.69, 9.17) is 0 Å². The monoisotopic (exact) mass is 410 g/mol. The normalized spacial score (nSPS) is 16.9. The van der Waals surface area contributed by atoms with Gasteiger partial charge in [-0.15, -0.1) is 0 Å². The fraction of sp³-hybridized carbons (Fsp3) is 0.391. The van der Waals surface area contributed by atoms with Gasteiger partial charge in [-0.1, -0.05) is 18.2 Å². The van der Waals surface area contributed by atoms with Gasteiger partial charge in [0.1, 0.15) is 5.82 Å². The van der Waals surface area contributed by atoms with Crippen molar-refractivity contribution in [3.05, 3.63) is 59.4 Å². The lowest BCUT2D eigenvalue weighted by Gasteiger charge is -2.28. The largest absolute Gasteiger partial charge is 0.374 e. The first-order valence-corrected chi connectivity index (χ1v) is 10.4. The van der Waals surface area contributed by atoms with Crippen molar-refractivity contribution in [1.82, 2.24) is 10.2 Å². The van der Waals surface area contributed by atoms with Crippen LogP contribution in [0.5, 0.6) is 0 Å². The molecule has 2 aliphatic heterocycles. The Kier molecular flexibility index (Phi) is 5.99. The lowest BCUT2D eigenvalue weighted by Crippen LogP contribution is -2.41. The van der Waals surface area contributed by atoms with E-state index in [2.05, 4.69) is 45.7 Å². The Labute approximate surface area is 176 Å². The molecule has 0 aliphatic carbocycles. The third-order valence-electron chi connectivity index (χ3n) is 5.94. The molecule has 2 aromatic carbocycles. The Bertz CT molecular complexity index is 943. The molecule has 2 aliphatic rings. The maximum Gasteiger partial charge on any atom is 0.313 e. The molecule has 2 heterocycles. The maximum absolute atomic E-state index is 13.3. The molecule has 158 valence electrons. The molecule has 1 saturated heterocycles. The maximum atomic E-state index is 13.3. The van der Waals surface area contributed by atoms with Crippen LogP contribution < -0.4 is 15.5 Å². The number of halogens is 1. The van der Waals surface area contributed by atoms with Crippen molar-refractivity contribution >= 4 is 23.2 Å². The van der Waals surface area contributed by atoms with Crippen molar-refractivity contribution in [3.8, 4) is 0 Å². The fourth-order valence-corrected chi connectivity index (χ4v) is 4.33. The van der Waals surface area contributed by atoms with Gasteiger partial charge in [-0.05, 0) is 67.7 Å². The summed E-state index contributed by atoms with van der Waals surface area (Å²) < 4.78 is 13.3. The highest BCUT2D eigenvalue weighted by Gasteiger charge is 2.27. The number of carbonyl (C=O) groups excluding carboxylic acids is 2. The van der Waals surface area contributed by atoms with Crippen LogP contribution >= 0.6 is 0 Å². The average molecular weight is 410 g/mol. The number of nitrogens with one attached hydrogen (secondary N) is 2. The van der Waals surface area contributed by atoms with Crippen molar-refractivity contribution in [3.63, 3.8) is 0 Å². The molecule has 7 heteroatoms. The highest BCUT2D eigenvalue weighted by Crippen LogP contribution is 2.32. The Balaban J connectivity index is 1.44. The van der Waals surface area contributed by atoms with Gasteiger partial charge in [-0.2, -0.15) is 0 Å². The van der Waals surface area contributed by atoms with Crippen LogP contribution in [-0.2, 0) is 16.0 Å². The molecule has 0 saturated carbocycles. The minimum atomic E-state index is -0.795. The number of hydrogen-bond acceptors (Lipinski definition) is 4. The molecule has 2 aromatic rings. The van der Waals surface area contributed by atoms with E-state index in [1.807, 2.05) is 0 Å². The van der Waals surface area contributed by atoms with E-state index in [1.54, 1.807) is 6.07 Å². The zero-order chi connectivity index (χ0) is 21.1. The average Bonchev–Trinajstić information content (AvgIpc) is 3.38. The van der Waals surface area contributed by atoms with Gasteiger partial charge in [0.2, 0.25) is 0 Å². The minimum absolute atomic E-state index is 0.0228. The molecular formula is C23H27FN4O2. The third-order valence-corrected chi connectivity index (χ3v) is 5.94. The Hall–Kier alpha value is -2.93. The number of anilines is 2. The highest BCUT2D eigenvalue weighted by atomic mass is 19.1. The van der Waals surface area contributed by atoms with Gasteiger partial charge in [0.05, 0.1) is 6.04 Å². The number of carbonyl (C=O) groups is 2. The Morgan fingerprint density at radius 1 is 1.07 bits per heavy atom. The third kappa shape index (κ3) is 4.46. The number of hydrogen-bond donors (Lipinski definition) is 2. The number of likely N-dealkylation sites (N-methyl/N-ethyl adjacent to an activating group) is 1. The Morgan fingerprint density at radius 3 is 2.63 bits per heavy atom. The minimum Gasteiger partial charge on any atom is -0.374 e. The number of rotatable bonds is 5. The SMILES string of the molecule is CN1CCc2cc(C(CNC(=O)C(=O)Nc3cccc(F)c3)N3CCCC3)ccc21. The fourth-order valence-electron chi connectivity index (χ4n) is 4.33. The standard InChI is InChI=1S/C23H27FN4O2/c1-27-12-9-17-13-16(7-8-20(17)27)21(28-10-2-3-11-28)15-25-22(29)23(30)26-19-6-4-5-18(24)14-19/h4-8,13-14,21H,2-3,9-12,15H2,1H3,(H,25,29)(H,26,30). The van der Waals surface area contributed by atoms with E-state index < -0.39 is 17.6 Å². The summed E-state index contributed by atoms with van der Waals surface area (Å²) in [5, 5.41) is 5.22. The number of fused-ring (bicyclic) bond motifs is 1. The van der Waals surface area contributed by atoms with Crippen molar-refractivity contribution in [2.24, 2.45) is 0 Å². The number of nitrogens with zero attached hydrogens (tertiary/aromatic N) is 2. The topological polar surface area (TPSA) is 64.7 Å². The van der Waals surface area contributed by atoms with Crippen LogP contribution in [0.25, 0.3) is 0 Å². The molecule has 0 radical (unpaired) electrons. The Morgan fingerprint density at radius 2 is 1.87 bits per heavy atom. The summed E-state index contributed by atoms with van der Waals surface area (Å²) in [6, 6.07) is 12.0. The molecule has 30 heavy (non-hydrogen) atoms. The summed E-state index contributed by atoms with van der Waals surface area (Å²) in [6.07, 6.45) is 3.30. The van der Waals surface area contributed by atoms with Gasteiger partial charge < -0.3 is 15.5 Å². The van der Waals surface area contributed by atoms with Gasteiger partial charge in [0.15, 0.2) is 0 Å². The van der Waals surface area contributed by atoms with E-state index in [9.17, 15) is 14.0 Å². The van der Waals surface area contributed by atoms with Crippen LogP contribution in [-0.4, -0.2) is 49.9 Å². The highest BCUT2D eigenvalue weighted by molar-refractivity contribution is 6.39. The molecule has 1 atom stereocenters. The van der Waals surface area contributed by atoms with Crippen LogP contribution in [0.3, 0.4) is 0 Å². The first-order chi connectivity index (χ1) is 14.5. The van der Waals surface area contributed by atoms with Crippen LogP contribution in [0.4, 0.5) is 15.8 Å². The summed E-state index contributed by atoms with van der Waals surface area (Å²) in [5.41, 5.74) is 4.01. The quantitative estimate of drug-likeness (QED) is 0.744. The molecular weight excluding hydrogens is 383 g/mol. The van der Waals surface area contributed by atoms with Crippen LogP contribution in [0, 0.1) is 5.82 Å². The predicted molar refractivity (Wildman–Crippen MR) is 115 cm³/mol. The second kappa shape index (κ2) is 8.83. The number of amides is 2. The first-order valence-electron chi connectivity index (χ1n) is 10.4. The lowest BCUT2D eigenvalue weighted by molar-refractivity contribution is -0.136.